The predicted molar refractivity (Wildman–Crippen MR) is 304 cm³/mol. The Balaban J connectivity index is 4.03. The fourth-order valence-corrected chi connectivity index (χ4v) is 7.94. The van der Waals surface area contributed by atoms with Crippen molar-refractivity contribution in [2.24, 2.45) is 0 Å². The van der Waals surface area contributed by atoms with Crippen molar-refractivity contribution in [3.63, 3.8) is 0 Å². The minimum Gasteiger partial charge on any atom is -0.477 e. The van der Waals surface area contributed by atoms with Crippen molar-refractivity contribution in [2.45, 2.75) is 251 Å². The van der Waals surface area contributed by atoms with Gasteiger partial charge in [0.2, 0.25) is 0 Å². The number of carbonyl (C=O) groups excluding carboxylic acids is 2. The number of carboxylic acids is 1. The summed E-state index contributed by atoms with van der Waals surface area (Å²) in [4.78, 5) is 37.2. The molecule has 0 bridgehead atoms. The quantitative estimate of drug-likeness (QED) is 0.0211. The Morgan fingerprint density at radius 3 is 1.18 bits per heavy atom. The SMILES string of the molecule is CC/C=C\C/C=C\C/C=C\C/C=C\C/C=C\C/C=C\C/C=C\CCCCCCCCCCCCCCCCCC(=O)OC(COC(=O)CCCCCCCCCCCC)COC(OCC[N+](C)(C)C)C(=O)O. The molecule has 0 rings (SSSR count). The van der Waals surface area contributed by atoms with Crippen molar-refractivity contribution in [3.05, 3.63) is 85.1 Å². The van der Waals surface area contributed by atoms with Crippen LogP contribution in [0.25, 0.3) is 0 Å². The molecule has 0 saturated heterocycles. The average molecular weight is 1010 g/mol. The van der Waals surface area contributed by atoms with Crippen LogP contribution in [-0.4, -0.2) is 87.4 Å². The third-order valence-corrected chi connectivity index (χ3v) is 12.4. The summed E-state index contributed by atoms with van der Waals surface area (Å²) in [5.41, 5.74) is 0. The lowest BCUT2D eigenvalue weighted by atomic mass is 10.0. The molecule has 0 amide bonds. The molecule has 0 aliphatic rings. The van der Waals surface area contributed by atoms with Crippen LogP contribution in [0.3, 0.4) is 0 Å². The highest BCUT2D eigenvalue weighted by Crippen LogP contribution is 2.16. The first-order valence-corrected chi connectivity index (χ1v) is 29.3. The second kappa shape index (κ2) is 53.8. The molecule has 0 aliphatic heterocycles. The van der Waals surface area contributed by atoms with Crippen LogP contribution in [0, 0.1) is 0 Å². The molecule has 9 heteroatoms. The number of unbranched alkanes of at least 4 members (excludes halogenated alkanes) is 24. The van der Waals surface area contributed by atoms with Gasteiger partial charge in [-0.2, -0.15) is 0 Å². The fourth-order valence-electron chi connectivity index (χ4n) is 7.94. The third-order valence-electron chi connectivity index (χ3n) is 12.4. The van der Waals surface area contributed by atoms with Crippen LogP contribution in [0.1, 0.15) is 239 Å². The number of ether oxygens (including phenoxy) is 4. The zero-order valence-corrected chi connectivity index (χ0v) is 47.1. The maximum absolute atomic E-state index is 12.8. The van der Waals surface area contributed by atoms with E-state index in [9.17, 15) is 19.5 Å². The van der Waals surface area contributed by atoms with E-state index < -0.39 is 24.3 Å². The van der Waals surface area contributed by atoms with Gasteiger partial charge in [0.1, 0.15) is 13.2 Å². The van der Waals surface area contributed by atoms with Gasteiger partial charge < -0.3 is 28.5 Å². The Hall–Kier alpha value is -3.53. The van der Waals surface area contributed by atoms with Crippen LogP contribution in [0.5, 0.6) is 0 Å². The van der Waals surface area contributed by atoms with E-state index in [1.807, 2.05) is 21.1 Å². The predicted octanol–water partition coefficient (Wildman–Crippen LogP) is 17.2. The molecule has 2 unspecified atom stereocenters. The van der Waals surface area contributed by atoms with E-state index in [0.717, 1.165) is 83.5 Å². The van der Waals surface area contributed by atoms with E-state index >= 15 is 0 Å². The van der Waals surface area contributed by atoms with E-state index in [-0.39, 0.29) is 32.2 Å². The molecule has 9 nitrogen and oxygen atoms in total. The number of aliphatic carboxylic acids is 1. The van der Waals surface area contributed by atoms with Gasteiger partial charge in [-0.25, -0.2) is 4.79 Å². The van der Waals surface area contributed by atoms with Crippen LogP contribution < -0.4 is 0 Å². The number of quaternary nitrogens is 1. The van der Waals surface area contributed by atoms with Crippen molar-refractivity contribution in [3.8, 4) is 0 Å². The second-order valence-electron chi connectivity index (χ2n) is 20.6. The summed E-state index contributed by atoms with van der Waals surface area (Å²) in [7, 11) is 5.96. The van der Waals surface area contributed by atoms with Crippen LogP contribution in [-0.2, 0) is 33.3 Å². The van der Waals surface area contributed by atoms with Crippen LogP contribution in [0.4, 0.5) is 0 Å². The molecule has 2 atom stereocenters. The molecule has 0 radical (unpaired) electrons. The standard InChI is InChI=1S/C63H109NO8/c1-6-8-10-12-14-16-18-19-20-21-22-23-24-25-26-27-28-29-30-31-32-33-34-35-36-37-38-39-40-41-42-43-44-46-48-50-52-54-61(66)72-59(58-71-63(62(67)68)69-56-55-64(3,4)5)57-70-60(65)53-51-49-47-45-17-15-13-11-9-7-2/h8,10,14,16,19-20,22-23,25-26,28-29,31-32,59,63H,6-7,9,11-13,15,17-18,21,24,27,30,33-58H2,1-5H3/p+1/b10-8-,16-14-,20-19-,23-22-,26-25-,29-28-,32-31-. The van der Waals surface area contributed by atoms with E-state index in [4.69, 9.17) is 18.9 Å². The summed E-state index contributed by atoms with van der Waals surface area (Å²) >= 11 is 0. The number of likely N-dealkylation sites (N-methyl/N-ethyl adjacent to an activating group) is 1. The number of esters is 2. The number of hydrogen-bond donors (Lipinski definition) is 1. The maximum atomic E-state index is 12.8. The number of rotatable bonds is 53. The number of allylic oxidation sites excluding steroid dienone is 14. The molecule has 414 valence electrons. The summed E-state index contributed by atoms with van der Waals surface area (Å²) in [6, 6.07) is 0. The first kappa shape index (κ1) is 68.5. The highest BCUT2D eigenvalue weighted by atomic mass is 16.7. The molecule has 0 spiro atoms. The van der Waals surface area contributed by atoms with Gasteiger partial charge in [-0.05, 0) is 70.6 Å². The van der Waals surface area contributed by atoms with Gasteiger partial charge in [0, 0.05) is 12.8 Å². The van der Waals surface area contributed by atoms with E-state index in [2.05, 4.69) is 98.9 Å². The van der Waals surface area contributed by atoms with Gasteiger partial charge >= 0.3 is 17.9 Å². The second-order valence-corrected chi connectivity index (χ2v) is 20.6. The number of nitrogens with zero attached hydrogens (tertiary/aromatic N) is 1. The minimum absolute atomic E-state index is 0.181. The summed E-state index contributed by atoms with van der Waals surface area (Å²) in [5.74, 6) is -2.00. The Kier molecular flexibility index (Phi) is 51.1. The van der Waals surface area contributed by atoms with Gasteiger partial charge in [0.05, 0.1) is 34.4 Å². The van der Waals surface area contributed by atoms with Crippen molar-refractivity contribution < 1.29 is 42.9 Å². The molecule has 72 heavy (non-hydrogen) atoms. The lowest BCUT2D eigenvalue weighted by Crippen LogP contribution is -2.40. The molecular formula is C63H110NO8+. The normalized spacial score (nSPS) is 13.4. The molecule has 0 aromatic heterocycles. The first-order valence-electron chi connectivity index (χ1n) is 29.3. The topological polar surface area (TPSA) is 108 Å². The minimum atomic E-state index is -1.51. The Labute approximate surface area is 442 Å². The van der Waals surface area contributed by atoms with Gasteiger partial charge in [0.25, 0.3) is 6.29 Å². The number of hydrogen-bond acceptors (Lipinski definition) is 7. The largest absolute Gasteiger partial charge is 0.477 e. The summed E-state index contributed by atoms with van der Waals surface area (Å²) in [6.07, 6.45) is 68.3. The molecule has 0 aromatic rings. The Morgan fingerprint density at radius 1 is 0.431 bits per heavy atom. The third kappa shape index (κ3) is 54.2. The lowest BCUT2D eigenvalue weighted by Gasteiger charge is -2.25. The first-order chi connectivity index (χ1) is 35.1. The van der Waals surface area contributed by atoms with Gasteiger partial charge in [-0.1, -0.05) is 240 Å². The molecule has 1 N–H and O–H groups in total. The smallest absolute Gasteiger partial charge is 0.361 e. The van der Waals surface area contributed by atoms with Crippen molar-refractivity contribution in [2.75, 3.05) is 47.5 Å². The Morgan fingerprint density at radius 2 is 0.792 bits per heavy atom. The van der Waals surface area contributed by atoms with E-state index in [1.165, 1.54) is 128 Å². The van der Waals surface area contributed by atoms with Crippen molar-refractivity contribution >= 4 is 17.9 Å². The van der Waals surface area contributed by atoms with Crippen molar-refractivity contribution in [1.82, 2.24) is 0 Å². The Bertz CT molecular complexity index is 1450. The molecule has 0 heterocycles. The summed E-state index contributed by atoms with van der Waals surface area (Å²) in [5, 5.41) is 9.67. The van der Waals surface area contributed by atoms with Crippen molar-refractivity contribution in [1.29, 1.82) is 0 Å². The van der Waals surface area contributed by atoms with Crippen LogP contribution in [0.15, 0.2) is 85.1 Å². The summed E-state index contributed by atoms with van der Waals surface area (Å²) in [6.45, 7) is 4.75. The number of carboxylic acid groups (broad SMARTS) is 1. The zero-order valence-electron chi connectivity index (χ0n) is 47.1. The number of carbonyl (C=O) groups is 3. The molecule has 0 aliphatic carbocycles. The van der Waals surface area contributed by atoms with E-state index in [0.29, 0.717) is 17.4 Å². The van der Waals surface area contributed by atoms with Crippen LogP contribution in [0.2, 0.25) is 0 Å². The van der Waals surface area contributed by atoms with Gasteiger partial charge in [-0.3, -0.25) is 9.59 Å². The molecule has 0 fully saturated rings. The lowest BCUT2D eigenvalue weighted by molar-refractivity contribution is -0.870. The molecular weight excluding hydrogens is 899 g/mol. The monoisotopic (exact) mass is 1010 g/mol. The highest BCUT2D eigenvalue weighted by Gasteiger charge is 2.25. The van der Waals surface area contributed by atoms with Gasteiger partial charge in [0.15, 0.2) is 6.10 Å². The highest BCUT2D eigenvalue weighted by molar-refractivity contribution is 5.71. The fraction of sp³-hybridized carbons (Fsp3) is 0.730. The average Bonchev–Trinajstić information content (AvgIpc) is 3.35. The zero-order chi connectivity index (χ0) is 52.7. The molecule has 0 aromatic carbocycles. The van der Waals surface area contributed by atoms with Gasteiger partial charge in [-0.15, -0.1) is 0 Å². The maximum Gasteiger partial charge on any atom is 0.361 e. The summed E-state index contributed by atoms with van der Waals surface area (Å²) < 4.78 is 22.8. The van der Waals surface area contributed by atoms with Crippen LogP contribution >= 0.6 is 0 Å². The molecule has 0 saturated carbocycles. The van der Waals surface area contributed by atoms with E-state index in [1.54, 1.807) is 0 Å².